The number of halogens is 2. The van der Waals surface area contributed by atoms with Crippen LogP contribution in [-0.2, 0) is 4.79 Å². The van der Waals surface area contributed by atoms with Gasteiger partial charge in [-0.2, -0.15) is 0 Å². The van der Waals surface area contributed by atoms with Crippen LogP contribution in [-0.4, -0.2) is 25.7 Å². The molecule has 3 rings (SSSR count). The molecule has 0 atom stereocenters. The largest absolute Gasteiger partial charge is 0.490 e. The van der Waals surface area contributed by atoms with E-state index in [9.17, 15) is 4.79 Å². The predicted octanol–water partition coefficient (Wildman–Crippen LogP) is 4.39. The molecule has 0 aliphatic carbocycles. The molecule has 1 aliphatic heterocycles. The van der Waals surface area contributed by atoms with Gasteiger partial charge < -0.3 is 19.5 Å². The maximum Gasteiger partial charge on any atom is 0.262 e. The van der Waals surface area contributed by atoms with E-state index < -0.39 is 0 Å². The average Bonchev–Trinajstić information content (AvgIpc) is 2.79. The Morgan fingerprint density at radius 2 is 1.79 bits per heavy atom. The number of hydrogen-bond donors (Lipinski definition) is 1. The van der Waals surface area contributed by atoms with Crippen LogP contribution in [0.3, 0.4) is 0 Å². The molecule has 0 saturated heterocycles. The first-order chi connectivity index (χ1) is 11.6. The van der Waals surface area contributed by atoms with E-state index in [1.54, 1.807) is 18.2 Å². The molecule has 1 amide bonds. The predicted molar refractivity (Wildman–Crippen MR) is 98.0 cm³/mol. The lowest BCUT2D eigenvalue weighted by molar-refractivity contribution is -0.118. The third-order valence-electron chi connectivity index (χ3n) is 3.30. The molecule has 0 bridgehead atoms. The molecule has 0 spiro atoms. The lowest BCUT2D eigenvalue weighted by Crippen LogP contribution is -2.20. The SMILES string of the molecule is O=C(COc1c(Br)cccc1Br)Nc1ccc2c(c1)OCCCO2. The minimum Gasteiger partial charge on any atom is -0.490 e. The van der Waals surface area contributed by atoms with Gasteiger partial charge in [-0.15, -0.1) is 0 Å². The summed E-state index contributed by atoms with van der Waals surface area (Å²) in [5.41, 5.74) is 0.638. The van der Waals surface area contributed by atoms with Crippen molar-refractivity contribution >= 4 is 43.5 Å². The monoisotopic (exact) mass is 455 g/mol. The van der Waals surface area contributed by atoms with Gasteiger partial charge in [0, 0.05) is 18.2 Å². The molecule has 7 heteroatoms. The quantitative estimate of drug-likeness (QED) is 0.741. The number of para-hydroxylation sites is 1. The molecular formula is C17H15Br2NO4. The molecule has 2 aromatic rings. The zero-order valence-electron chi connectivity index (χ0n) is 12.7. The molecule has 1 aliphatic rings. The van der Waals surface area contributed by atoms with Crippen LogP contribution < -0.4 is 19.5 Å². The maximum atomic E-state index is 12.1. The molecular weight excluding hydrogens is 442 g/mol. The summed E-state index contributed by atoms with van der Waals surface area (Å²) in [6.07, 6.45) is 0.838. The summed E-state index contributed by atoms with van der Waals surface area (Å²) in [6.45, 7) is 1.13. The van der Waals surface area contributed by atoms with Crippen LogP contribution in [0.4, 0.5) is 5.69 Å². The van der Waals surface area contributed by atoms with Crippen LogP contribution in [0.15, 0.2) is 45.3 Å². The fourth-order valence-corrected chi connectivity index (χ4v) is 3.42. The topological polar surface area (TPSA) is 56.8 Å². The zero-order valence-corrected chi connectivity index (χ0v) is 15.9. The van der Waals surface area contributed by atoms with Crippen molar-refractivity contribution < 1.29 is 19.0 Å². The van der Waals surface area contributed by atoms with Crippen molar-refractivity contribution in [2.75, 3.05) is 25.1 Å². The van der Waals surface area contributed by atoms with Crippen molar-refractivity contribution in [1.82, 2.24) is 0 Å². The van der Waals surface area contributed by atoms with Gasteiger partial charge in [0.05, 0.1) is 22.2 Å². The summed E-state index contributed by atoms with van der Waals surface area (Å²) in [5, 5.41) is 2.79. The number of hydrogen-bond acceptors (Lipinski definition) is 4. The number of ether oxygens (including phenoxy) is 3. The van der Waals surface area contributed by atoms with Gasteiger partial charge in [-0.3, -0.25) is 4.79 Å². The number of nitrogens with one attached hydrogen (secondary N) is 1. The lowest BCUT2D eigenvalue weighted by Gasteiger charge is -2.12. The second kappa shape index (κ2) is 7.90. The lowest BCUT2D eigenvalue weighted by atomic mass is 10.2. The average molecular weight is 457 g/mol. The second-order valence-corrected chi connectivity index (χ2v) is 6.81. The van der Waals surface area contributed by atoms with E-state index in [2.05, 4.69) is 37.2 Å². The molecule has 5 nitrogen and oxygen atoms in total. The Bertz CT molecular complexity index is 731. The summed E-state index contributed by atoms with van der Waals surface area (Å²) in [4.78, 5) is 12.1. The molecule has 1 N–H and O–H groups in total. The highest BCUT2D eigenvalue weighted by Crippen LogP contribution is 2.34. The Labute approximate surface area is 156 Å². The van der Waals surface area contributed by atoms with Crippen LogP contribution in [0.1, 0.15) is 6.42 Å². The van der Waals surface area contributed by atoms with Gasteiger partial charge in [-0.25, -0.2) is 0 Å². The van der Waals surface area contributed by atoms with Crippen molar-refractivity contribution in [2.45, 2.75) is 6.42 Å². The van der Waals surface area contributed by atoms with Crippen LogP contribution in [0.25, 0.3) is 0 Å². The molecule has 0 saturated carbocycles. The van der Waals surface area contributed by atoms with Crippen molar-refractivity contribution in [3.05, 3.63) is 45.3 Å². The number of benzene rings is 2. The number of anilines is 1. The van der Waals surface area contributed by atoms with Crippen molar-refractivity contribution in [3.63, 3.8) is 0 Å². The maximum absolute atomic E-state index is 12.1. The summed E-state index contributed by atoms with van der Waals surface area (Å²) in [6, 6.07) is 10.9. The Balaban J connectivity index is 1.62. The number of carbonyl (C=O) groups excluding carboxylic acids is 1. The Morgan fingerprint density at radius 1 is 1.08 bits per heavy atom. The van der Waals surface area contributed by atoms with Crippen molar-refractivity contribution in [2.24, 2.45) is 0 Å². The summed E-state index contributed by atoms with van der Waals surface area (Å²) < 4.78 is 18.3. The van der Waals surface area contributed by atoms with E-state index in [1.165, 1.54) is 0 Å². The van der Waals surface area contributed by atoms with Gasteiger partial charge in [-0.1, -0.05) is 6.07 Å². The van der Waals surface area contributed by atoms with Gasteiger partial charge in [-0.05, 0) is 56.1 Å². The van der Waals surface area contributed by atoms with Crippen LogP contribution >= 0.6 is 31.9 Å². The molecule has 0 fully saturated rings. The third-order valence-corrected chi connectivity index (χ3v) is 4.55. The first-order valence-corrected chi connectivity index (χ1v) is 8.98. The summed E-state index contributed by atoms with van der Waals surface area (Å²) >= 11 is 6.79. The fourth-order valence-electron chi connectivity index (χ4n) is 2.20. The van der Waals surface area contributed by atoms with E-state index in [1.807, 2.05) is 18.2 Å². The third kappa shape index (κ3) is 4.21. The van der Waals surface area contributed by atoms with E-state index >= 15 is 0 Å². The smallest absolute Gasteiger partial charge is 0.262 e. The van der Waals surface area contributed by atoms with Gasteiger partial charge >= 0.3 is 0 Å². The van der Waals surface area contributed by atoms with E-state index in [-0.39, 0.29) is 12.5 Å². The Kier molecular flexibility index (Phi) is 5.63. The van der Waals surface area contributed by atoms with Gasteiger partial charge in [0.15, 0.2) is 18.1 Å². The Morgan fingerprint density at radius 3 is 2.54 bits per heavy atom. The zero-order chi connectivity index (χ0) is 16.9. The first-order valence-electron chi connectivity index (χ1n) is 7.40. The number of rotatable bonds is 4. The first kappa shape index (κ1) is 17.1. The fraction of sp³-hybridized carbons (Fsp3) is 0.235. The summed E-state index contributed by atoms with van der Waals surface area (Å²) in [5.74, 6) is 1.66. The number of carbonyl (C=O) groups is 1. The molecule has 1 heterocycles. The minimum atomic E-state index is -0.257. The van der Waals surface area contributed by atoms with Gasteiger partial charge in [0.25, 0.3) is 5.91 Å². The molecule has 126 valence electrons. The van der Waals surface area contributed by atoms with Crippen LogP contribution in [0, 0.1) is 0 Å². The highest BCUT2D eigenvalue weighted by atomic mass is 79.9. The highest BCUT2D eigenvalue weighted by Gasteiger charge is 2.13. The second-order valence-electron chi connectivity index (χ2n) is 5.10. The highest BCUT2D eigenvalue weighted by molar-refractivity contribution is 9.11. The van der Waals surface area contributed by atoms with Gasteiger partial charge in [0.1, 0.15) is 5.75 Å². The molecule has 0 radical (unpaired) electrons. The molecule has 0 unspecified atom stereocenters. The van der Waals surface area contributed by atoms with E-state index in [0.717, 1.165) is 15.4 Å². The normalized spacial score (nSPS) is 13.1. The summed E-state index contributed by atoms with van der Waals surface area (Å²) in [7, 11) is 0. The standard InChI is InChI=1S/C17H15Br2NO4/c18-12-3-1-4-13(19)17(12)24-10-16(21)20-11-5-6-14-15(9-11)23-8-2-7-22-14/h1,3-6,9H,2,7-8,10H2,(H,20,21). The van der Waals surface area contributed by atoms with Crippen molar-refractivity contribution in [3.8, 4) is 17.2 Å². The number of fused-ring (bicyclic) bond motifs is 1. The molecule has 2 aromatic carbocycles. The van der Waals surface area contributed by atoms with Gasteiger partial charge in [0.2, 0.25) is 0 Å². The Hall–Kier alpha value is -1.73. The van der Waals surface area contributed by atoms with E-state index in [4.69, 9.17) is 14.2 Å². The molecule has 0 aromatic heterocycles. The van der Waals surface area contributed by atoms with Crippen LogP contribution in [0.5, 0.6) is 17.2 Å². The van der Waals surface area contributed by atoms with Crippen molar-refractivity contribution in [1.29, 1.82) is 0 Å². The molecule has 24 heavy (non-hydrogen) atoms. The minimum absolute atomic E-state index is 0.102. The van der Waals surface area contributed by atoms with E-state index in [0.29, 0.717) is 36.1 Å². The van der Waals surface area contributed by atoms with Crippen LogP contribution in [0.2, 0.25) is 0 Å². The number of amides is 1.